The Morgan fingerprint density at radius 2 is 1.90 bits per heavy atom. The van der Waals surface area contributed by atoms with Crippen molar-refractivity contribution in [2.24, 2.45) is 5.73 Å². The summed E-state index contributed by atoms with van der Waals surface area (Å²) in [6.07, 6.45) is 0.688. The van der Waals surface area contributed by atoms with Gasteiger partial charge in [-0.3, -0.25) is 0 Å². The molecular formula is C16H16ClNO3. The zero-order chi connectivity index (χ0) is 15.2. The molecule has 0 aromatic heterocycles. The lowest BCUT2D eigenvalue weighted by Gasteiger charge is -2.11. The Labute approximate surface area is 128 Å². The molecule has 2 aromatic rings. The molecule has 0 fully saturated rings. The molecule has 0 amide bonds. The summed E-state index contributed by atoms with van der Waals surface area (Å²) in [5, 5.41) is 9.50. The van der Waals surface area contributed by atoms with Crippen molar-refractivity contribution in [2.45, 2.75) is 13.0 Å². The largest absolute Gasteiger partial charge is 0.489 e. The van der Waals surface area contributed by atoms with Crippen LogP contribution < -0.4 is 10.5 Å². The quantitative estimate of drug-likeness (QED) is 0.860. The fourth-order valence-electron chi connectivity index (χ4n) is 1.94. The Kier molecular flexibility index (Phi) is 5.20. The van der Waals surface area contributed by atoms with Crippen LogP contribution in [0.15, 0.2) is 42.5 Å². The Morgan fingerprint density at radius 1 is 1.19 bits per heavy atom. The molecule has 2 rings (SSSR count). The number of carbonyl (C=O) groups is 1. The van der Waals surface area contributed by atoms with Crippen molar-refractivity contribution in [1.82, 2.24) is 0 Å². The number of hydrogen-bond donors (Lipinski definition) is 2. The molecule has 21 heavy (non-hydrogen) atoms. The monoisotopic (exact) mass is 305 g/mol. The van der Waals surface area contributed by atoms with Gasteiger partial charge >= 0.3 is 5.97 Å². The van der Waals surface area contributed by atoms with Gasteiger partial charge in [0.2, 0.25) is 0 Å². The second-order valence-corrected chi connectivity index (χ2v) is 5.02. The van der Waals surface area contributed by atoms with E-state index in [0.29, 0.717) is 24.6 Å². The molecule has 5 heteroatoms. The molecule has 0 aliphatic heterocycles. The van der Waals surface area contributed by atoms with Crippen LogP contribution in [0.5, 0.6) is 5.75 Å². The van der Waals surface area contributed by atoms with Crippen LogP contribution in [0.3, 0.4) is 0 Å². The number of benzene rings is 2. The second-order valence-electron chi connectivity index (χ2n) is 4.58. The van der Waals surface area contributed by atoms with E-state index in [2.05, 4.69) is 0 Å². The van der Waals surface area contributed by atoms with Crippen molar-refractivity contribution >= 4 is 17.6 Å². The van der Waals surface area contributed by atoms with Crippen molar-refractivity contribution < 1.29 is 14.6 Å². The highest BCUT2D eigenvalue weighted by Crippen LogP contribution is 2.24. The Balaban J connectivity index is 2.07. The first-order chi connectivity index (χ1) is 10.1. The van der Waals surface area contributed by atoms with Crippen LogP contribution in [0.1, 0.15) is 21.5 Å². The molecule has 0 saturated carbocycles. The van der Waals surface area contributed by atoms with Gasteiger partial charge in [-0.15, -0.1) is 0 Å². The summed E-state index contributed by atoms with van der Waals surface area (Å²) in [4.78, 5) is 10.8. The summed E-state index contributed by atoms with van der Waals surface area (Å²) in [6, 6.07) is 12.0. The highest BCUT2D eigenvalue weighted by atomic mass is 35.5. The van der Waals surface area contributed by atoms with E-state index in [4.69, 9.17) is 27.2 Å². The van der Waals surface area contributed by atoms with Crippen LogP contribution in [0.25, 0.3) is 0 Å². The van der Waals surface area contributed by atoms with E-state index in [1.165, 1.54) is 0 Å². The van der Waals surface area contributed by atoms with Crippen molar-refractivity contribution in [1.29, 1.82) is 0 Å². The molecule has 0 aliphatic carbocycles. The fourth-order valence-corrected chi connectivity index (χ4v) is 2.14. The molecule has 3 N–H and O–H groups in total. The van der Waals surface area contributed by atoms with E-state index in [1.807, 2.05) is 12.1 Å². The molecule has 0 saturated heterocycles. The molecule has 110 valence electrons. The minimum Gasteiger partial charge on any atom is -0.489 e. The van der Waals surface area contributed by atoms with E-state index in [-0.39, 0.29) is 5.56 Å². The van der Waals surface area contributed by atoms with Crippen molar-refractivity contribution in [2.75, 3.05) is 6.54 Å². The summed E-state index contributed by atoms with van der Waals surface area (Å²) < 4.78 is 5.77. The average molecular weight is 306 g/mol. The van der Waals surface area contributed by atoms with Gasteiger partial charge in [0.05, 0.1) is 5.56 Å². The normalized spacial score (nSPS) is 10.4. The molecule has 2 aromatic carbocycles. The van der Waals surface area contributed by atoms with Gasteiger partial charge in [0.15, 0.2) is 0 Å². The molecule has 0 atom stereocenters. The minimum atomic E-state index is -0.939. The number of nitrogens with two attached hydrogens (primary N) is 1. The number of carboxylic acid groups (broad SMARTS) is 1. The highest BCUT2D eigenvalue weighted by molar-refractivity contribution is 6.30. The molecule has 4 nitrogen and oxygen atoms in total. The van der Waals surface area contributed by atoms with Crippen molar-refractivity contribution in [3.8, 4) is 5.75 Å². The number of aromatic carboxylic acids is 1. The van der Waals surface area contributed by atoms with Crippen LogP contribution in [0, 0.1) is 0 Å². The maximum atomic E-state index is 10.8. The third kappa shape index (κ3) is 4.21. The van der Waals surface area contributed by atoms with Crippen molar-refractivity contribution in [3.63, 3.8) is 0 Å². The molecule has 0 bridgehead atoms. The summed E-state index contributed by atoms with van der Waals surface area (Å²) in [7, 11) is 0. The first kappa shape index (κ1) is 15.4. The van der Waals surface area contributed by atoms with E-state index < -0.39 is 5.97 Å². The maximum Gasteiger partial charge on any atom is 0.335 e. The van der Waals surface area contributed by atoms with E-state index in [0.717, 1.165) is 16.9 Å². The first-order valence-corrected chi connectivity index (χ1v) is 6.91. The zero-order valence-corrected chi connectivity index (χ0v) is 12.1. The highest BCUT2D eigenvalue weighted by Gasteiger charge is 2.06. The van der Waals surface area contributed by atoms with Crippen molar-refractivity contribution in [3.05, 3.63) is 64.2 Å². The van der Waals surface area contributed by atoms with Crippen LogP contribution in [-0.2, 0) is 13.0 Å². The topological polar surface area (TPSA) is 72.5 Å². The van der Waals surface area contributed by atoms with Crippen LogP contribution in [0.4, 0.5) is 0 Å². The molecule has 0 radical (unpaired) electrons. The van der Waals surface area contributed by atoms with Gasteiger partial charge in [-0.1, -0.05) is 23.7 Å². The van der Waals surface area contributed by atoms with Crippen LogP contribution in [-0.4, -0.2) is 17.6 Å². The van der Waals surface area contributed by atoms with Gasteiger partial charge in [0.1, 0.15) is 12.4 Å². The lowest BCUT2D eigenvalue weighted by molar-refractivity contribution is 0.0697. The van der Waals surface area contributed by atoms with Gasteiger partial charge in [-0.25, -0.2) is 4.79 Å². The summed E-state index contributed by atoms with van der Waals surface area (Å²) >= 11 is 5.96. The first-order valence-electron chi connectivity index (χ1n) is 6.53. The van der Waals surface area contributed by atoms with E-state index in [1.54, 1.807) is 30.3 Å². The molecular weight excluding hydrogens is 290 g/mol. The lowest BCUT2D eigenvalue weighted by atomic mass is 10.1. The second kappa shape index (κ2) is 7.11. The Morgan fingerprint density at radius 3 is 2.52 bits per heavy atom. The number of carboxylic acids is 1. The minimum absolute atomic E-state index is 0.258. The number of halogens is 1. The van der Waals surface area contributed by atoms with Gasteiger partial charge < -0.3 is 15.6 Å². The summed E-state index contributed by atoms with van der Waals surface area (Å²) in [6.45, 7) is 0.878. The predicted octanol–water partition coefficient (Wildman–Crippen LogP) is 3.12. The Bertz CT molecular complexity index is 626. The number of ether oxygens (including phenoxy) is 1. The SMILES string of the molecule is NCCc1cc(Cl)ccc1OCc1ccc(C(=O)O)cc1. The molecule has 0 heterocycles. The summed E-state index contributed by atoms with van der Waals surface area (Å²) in [5.41, 5.74) is 7.70. The summed E-state index contributed by atoms with van der Waals surface area (Å²) in [5.74, 6) is -0.197. The van der Waals surface area contributed by atoms with E-state index >= 15 is 0 Å². The molecule has 0 spiro atoms. The zero-order valence-electron chi connectivity index (χ0n) is 11.4. The smallest absolute Gasteiger partial charge is 0.335 e. The molecule has 0 aliphatic rings. The lowest BCUT2D eigenvalue weighted by Crippen LogP contribution is -2.05. The predicted molar refractivity (Wildman–Crippen MR) is 81.9 cm³/mol. The molecule has 0 unspecified atom stereocenters. The third-order valence-electron chi connectivity index (χ3n) is 3.03. The maximum absolute atomic E-state index is 10.8. The third-order valence-corrected chi connectivity index (χ3v) is 3.27. The van der Waals surface area contributed by atoms with Crippen LogP contribution >= 0.6 is 11.6 Å². The van der Waals surface area contributed by atoms with Gasteiger partial charge in [0.25, 0.3) is 0 Å². The number of hydrogen-bond acceptors (Lipinski definition) is 3. The van der Waals surface area contributed by atoms with E-state index in [9.17, 15) is 4.79 Å². The Hall–Kier alpha value is -2.04. The van der Waals surface area contributed by atoms with Crippen LogP contribution in [0.2, 0.25) is 5.02 Å². The average Bonchev–Trinajstić information content (AvgIpc) is 2.47. The van der Waals surface area contributed by atoms with Gasteiger partial charge in [-0.05, 0) is 54.4 Å². The van der Waals surface area contributed by atoms with Gasteiger partial charge in [-0.2, -0.15) is 0 Å². The van der Waals surface area contributed by atoms with Gasteiger partial charge in [0, 0.05) is 5.02 Å². The fraction of sp³-hybridized carbons (Fsp3) is 0.188. The standard InChI is InChI=1S/C16H16ClNO3/c17-14-5-6-15(13(9-14)7-8-18)21-10-11-1-3-12(4-2-11)16(19)20/h1-6,9H,7-8,10,18H2,(H,19,20). The number of rotatable bonds is 6.